The quantitative estimate of drug-likeness (QED) is 0.317. The number of piperidine rings is 1. The van der Waals surface area contributed by atoms with Gasteiger partial charge in [0, 0.05) is 24.5 Å². The van der Waals surface area contributed by atoms with Crippen LogP contribution in [0, 0.1) is 0 Å². The fraction of sp³-hybridized carbons (Fsp3) is 0.556. The summed E-state index contributed by atoms with van der Waals surface area (Å²) in [7, 11) is 0. The SMILES string of the molecule is CCCCc1ccc(SN2CCc3ccc(OCCCN4CCCCC4)cc3C2)cc1. The predicted octanol–water partition coefficient (Wildman–Crippen LogP) is 6.35. The Hall–Kier alpha value is -1.49. The Kier molecular flexibility index (Phi) is 8.74. The van der Waals surface area contributed by atoms with Crippen molar-refractivity contribution in [3.05, 3.63) is 59.2 Å². The molecule has 168 valence electrons. The minimum atomic E-state index is 0.818. The molecule has 0 aromatic heterocycles. The lowest BCUT2D eigenvalue weighted by atomic mass is 10.0. The minimum absolute atomic E-state index is 0.818. The lowest BCUT2D eigenvalue weighted by Crippen LogP contribution is -2.31. The van der Waals surface area contributed by atoms with E-state index >= 15 is 0 Å². The number of benzene rings is 2. The summed E-state index contributed by atoms with van der Waals surface area (Å²) in [6.45, 7) is 8.88. The summed E-state index contributed by atoms with van der Waals surface area (Å²) in [6.07, 6.45) is 10.1. The van der Waals surface area contributed by atoms with Crippen molar-refractivity contribution in [1.82, 2.24) is 9.21 Å². The van der Waals surface area contributed by atoms with Crippen LogP contribution in [-0.4, -0.2) is 42.0 Å². The van der Waals surface area contributed by atoms with Gasteiger partial charge in [0.15, 0.2) is 0 Å². The lowest BCUT2D eigenvalue weighted by Gasteiger charge is -2.28. The molecular formula is C27H38N2OS. The van der Waals surface area contributed by atoms with E-state index in [1.165, 1.54) is 79.7 Å². The second-order valence-corrected chi connectivity index (χ2v) is 10.2. The molecule has 2 aliphatic rings. The number of likely N-dealkylation sites (tertiary alicyclic amines) is 1. The van der Waals surface area contributed by atoms with Crippen molar-refractivity contribution in [2.24, 2.45) is 0 Å². The van der Waals surface area contributed by atoms with Gasteiger partial charge < -0.3 is 9.64 Å². The minimum Gasteiger partial charge on any atom is -0.494 e. The first kappa shape index (κ1) is 22.7. The number of ether oxygens (including phenoxy) is 1. The van der Waals surface area contributed by atoms with Crippen molar-refractivity contribution in [2.75, 3.05) is 32.8 Å². The van der Waals surface area contributed by atoms with Gasteiger partial charge in [-0.3, -0.25) is 0 Å². The normalized spacial score (nSPS) is 17.5. The molecule has 2 aromatic rings. The van der Waals surface area contributed by atoms with Crippen LogP contribution in [0.1, 0.15) is 62.1 Å². The van der Waals surface area contributed by atoms with Crippen molar-refractivity contribution < 1.29 is 4.74 Å². The van der Waals surface area contributed by atoms with Gasteiger partial charge in [-0.05, 0) is 105 Å². The molecule has 31 heavy (non-hydrogen) atoms. The number of unbranched alkanes of at least 4 members (excludes halogenated alkanes) is 1. The second-order valence-electron chi connectivity index (χ2n) is 8.99. The number of fused-ring (bicyclic) bond motifs is 1. The molecule has 0 atom stereocenters. The Bertz CT molecular complexity index is 801. The topological polar surface area (TPSA) is 15.7 Å². The van der Waals surface area contributed by atoms with Crippen molar-refractivity contribution >= 4 is 11.9 Å². The highest BCUT2D eigenvalue weighted by Crippen LogP contribution is 2.31. The molecule has 2 aliphatic heterocycles. The van der Waals surface area contributed by atoms with Crippen molar-refractivity contribution in [2.45, 2.75) is 69.7 Å². The van der Waals surface area contributed by atoms with E-state index in [1.54, 1.807) is 0 Å². The summed E-state index contributed by atoms with van der Waals surface area (Å²) in [4.78, 5) is 3.93. The third-order valence-electron chi connectivity index (χ3n) is 6.47. The van der Waals surface area contributed by atoms with Gasteiger partial charge in [0.05, 0.1) is 6.61 Å². The van der Waals surface area contributed by atoms with Gasteiger partial charge in [0.25, 0.3) is 0 Å². The molecule has 2 heterocycles. The van der Waals surface area contributed by atoms with Gasteiger partial charge in [0.1, 0.15) is 5.75 Å². The van der Waals surface area contributed by atoms with Crippen LogP contribution in [-0.2, 0) is 19.4 Å². The molecule has 0 aliphatic carbocycles. The number of rotatable bonds is 10. The third-order valence-corrected chi connectivity index (χ3v) is 7.52. The molecule has 1 saturated heterocycles. The number of hydrogen-bond donors (Lipinski definition) is 0. The Morgan fingerprint density at radius 2 is 1.74 bits per heavy atom. The Morgan fingerprint density at radius 1 is 0.903 bits per heavy atom. The van der Waals surface area contributed by atoms with Gasteiger partial charge in [-0.2, -0.15) is 0 Å². The highest BCUT2D eigenvalue weighted by atomic mass is 32.2. The van der Waals surface area contributed by atoms with Crippen LogP contribution in [0.15, 0.2) is 47.4 Å². The zero-order valence-corrected chi connectivity index (χ0v) is 20.0. The maximum Gasteiger partial charge on any atom is 0.119 e. The Morgan fingerprint density at radius 3 is 2.55 bits per heavy atom. The van der Waals surface area contributed by atoms with E-state index in [2.05, 4.69) is 58.6 Å². The fourth-order valence-electron chi connectivity index (χ4n) is 4.58. The molecule has 4 heteroatoms. The number of nitrogens with zero attached hydrogens (tertiary/aromatic N) is 2. The molecule has 2 aromatic carbocycles. The second kappa shape index (κ2) is 11.9. The highest BCUT2D eigenvalue weighted by molar-refractivity contribution is 7.97. The lowest BCUT2D eigenvalue weighted by molar-refractivity contribution is 0.205. The van der Waals surface area contributed by atoms with E-state index in [9.17, 15) is 0 Å². The van der Waals surface area contributed by atoms with E-state index < -0.39 is 0 Å². The summed E-state index contributed by atoms with van der Waals surface area (Å²) in [5.74, 6) is 1.03. The molecular weight excluding hydrogens is 400 g/mol. The average molecular weight is 439 g/mol. The summed E-state index contributed by atoms with van der Waals surface area (Å²) in [5, 5.41) is 0. The van der Waals surface area contributed by atoms with E-state index in [4.69, 9.17) is 4.74 Å². The zero-order chi connectivity index (χ0) is 21.3. The van der Waals surface area contributed by atoms with E-state index in [0.29, 0.717) is 0 Å². The van der Waals surface area contributed by atoms with Crippen LogP contribution in [0.2, 0.25) is 0 Å². The first-order valence-corrected chi connectivity index (χ1v) is 13.1. The molecule has 4 rings (SSSR count). The highest BCUT2D eigenvalue weighted by Gasteiger charge is 2.18. The largest absolute Gasteiger partial charge is 0.494 e. The molecule has 0 saturated carbocycles. The van der Waals surface area contributed by atoms with Crippen molar-refractivity contribution in [3.8, 4) is 5.75 Å². The summed E-state index contributed by atoms with van der Waals surface area (Å²) in [6, 6.07) is 15.9. The molecule has 3 nitrogen and oxygen atoms in total. The van der Waals surface area contributed by atoms with Crippen LogP contribution in [0.5, 0.6) is 5.75 Å². The standard InChI is InChI=1S/C27H38N2OS/c1-2-3-8-23-9-13-27(14-10-23)31-29-19-15-24-11-12-26(21-25(24)22-29)30-20-7-18-28-16-5-4-6-17-28/h9-14,21H,2-8,15-20,22H2,1H3. The van der Waals surface area contributed by atoms with E-state index in [-0.39, 0.29) is 0 Å². The van der Waals surface area contributed by atoms with E-state index in [0.717, 1.165) is 38.3 Å². The van der Waals surface area contributed by atoms with Crippen molar-refractivity contribution in [3.63, 3.8) is 0 Å². The maximum absolute atomic E-state index is 6.11. The first-order chi connectivity index (χ1) is 15.3. The van der Waals surface area contributed by atoms with Crippen LogP contribution in [0.4, 0.5) is 0 Å². The molecule has 0 unspecified atom stereocenters. The van der Waals surface area contributed by atoms with Crippen molar-refractivity contribution in [1.29, 1.82) is 0 Å². The zero-order valence-electron chi connectivity index (χ0n) is 19.2. The summed E-state index contributed by atoms with van der Waals surface area (Å²) in [5.41, 5.74) is 4.36. The molecule has 0 radical (unpaired) electrons. The predicted molar refractivity (Wildman–Crippen MR) is 132 cm³/mol. The molecule has 0 spiro atoms. The van der Waals surface area contributed by atoms with Crippen LogP contribution in [0.25, 0.3) is 0 Å². The number of aryl methyl sites for hydroxylation is 1. The van der Waals surface area contributed by atoms with Gasteiger partial charge >= 0.3 is 0 Å². The first-order valence-electron chi connectivity index (χ1n) is 12.3. The van der Waals surface area contributed by atoms with Gasteiger partial charge in [0.2, 0.25) is 0 Å². The number of hydrogen-bond acceptors (Lipinski definition) is 4. The maximum atomic E-state index is 6.11. The smallest absolute Gasteiger partial charge is 0.119 e. The van der Waals surface area contributed by atoms with Gasteiger partial charge in [-0.1, -0.05) is 38.0 Å². The van der Waals surface area contributed by atoms with Crippen LogP contribution >= 0.6 is 11.9 Å². The summed E-state index contributed by atoms with van der Waals surface area (Å²) >= 11 is 1.89. The molecule has 0 bridgehead atoms. The molecule has 0 N–H and O–H groups in total. The monoisotopic (exact) mass is 438 g/mol. The third kappa shape index (κ3) is 7.00. The molecule has 1 fully saturated rings. The van der Waals surface area contributed by atoms with Crippen LogP contribution in [0.3, 0.4) is 0 Å². The molecule has 0 amide bonds. The van der Waals surface area contributed by atoms with Gasteiger partial charge in [-0.15, -0.1) is 0 Å². The Balaban J connectivity index is 1.25. The van der Waals surface area contributed by atoms with Gasteiger partial charge in [-0.25, -0.2) is 4.31 Å². The Labute approximate surface area is 193 Å². The fourth-order valence-corrected chi connectivity index (χ4v) is 5.53. The average Bonchev–Trinajstić information content (AvgIpc) is 2.82. The van der Waals surface area contributed by atoms with Crippen LogP contribution < -0.4 is 4.74 Å². The van der Waals surface area contributed by atoms with E-state index in [1.807, 2.05) is 11.9 Å². The summed E-state index contributed by atoms with van der Waals surface area (Å²) < 4.78 is 8.60.